The fourth-order valence-electron chi connectivity index (χ4n) is 1.37. The third-order valence-corrected chi connectivity index (χ3v) is 2.34. The Kier molecular flexibility index (Phi) is 4.28. The molecule has 0 saturated heterocycles. The Morgan fingerprint density at radius 3 is 2.50 bits per heavy atom. The van der Waals surface area contributed by atoms with Gasteiger partial charge in [-0.25, -0.2) is 4.39 Å². The Morgan fingerprint density at radius 1 is 1.44 bits per heavy atom. The van der Waals surface area contributed by atoms with E-state index in [4.69, 9.17) is 5.73 Å². The maximum Gasteiger partial charge on any atom is 0.419 e. The van der Waals surface area contributed by atoms with Gasteiger partial charge in [-0.1, -0.05) is 6.07 Å². The van der Waals surface area contributed by atoms with Crippen molar-refractivity contribution in [2.24, 2.45) is 5.73 Å². The van der Waals surface area contributed by atoms with Gasteiger partial charge in [-0.05, 0) is 17.7 Å². The summed E-state index contributed by atoms with van der Waals surface area (Å²) >= 11 is 0. The van der Waals surface area contributed by atoms with Crippen molar-refractivity contribution >= 4 is 5.97 Å². The van der Waals surface area contributed by atoms with Crippen LogP contribution in [0.1, 0.15) is 23.6 Å². The lowest BCUT2D eigenvalue weighted by Gasteiger charge is -2.13. The molecule has 0 spiro atoms. The van der Waals surface area contributed by atoms with Crippen LogP contribution < -0.4 is 5.73 Å². The molecule has 0 aromatic heterocycles. The highest BCUT2D eigenvalue weighted by Crippen LogP contribution is 2.32. The van der Waals surface area contributed by atoms with Gasteiger partial charge in [-0.3, -0.25) is 4.79 Å². The van der Waals surface area contributed by atoms with Crippen LogP contribution in [-0.4, -0.2) is 13.1 Å². The second-order valence-electron chi connectivity index (χ2n) is 3.62. The Morgan fingerprint density at radius 2 is 2.06 bits per heavy atom. The third kappa shape index (κ3) is 3.43. The molecule has 1 aromatic rings. The van der Waals surface area contributed by atoms with Crippen LogP contribution >= 0.6 is 0 Å². The van der Waals surface area contributed by atoms with Gasteiger partial charge in [0.25, 0.3) is 0 Å². The van der Waals surface area contributed by atoms with Crippen LogP contribution in [0.3, 0.4) is 0 Å². The molecule has 7 heteroatoms. The molecule has 1 rings (SSSR count). The normalized spacial score (nSPS) is 13.2. The van der Waals surface area contributed by atoms with E-state index in [1.54, 1.807) is 0 Å². The number of hydrogen-bond acceptors (Lipinski definition) is 3. The van der Waals surface area contributed by atoms with E-state index < -0.39 is 29.6 Å². The molecule has 1 aromatic carbocycles. The number of hydrogen-bond donors (Lipinski definition) is 1. The van der Waals surface area contributed by atoms with E-state index in [0.29, 0.717) is 12.1 Å². The number of ether oxygens (including phenoxy) is 1. The number of nitrogens with two attached hydrogens (primary N) is 1. The van der Waals surface area contributed by atoms with Crippen LogP contribution in [0.4, 0.5) is 17.6 Å². The molecule has 100 valence electrons. The summed E-state index contributed by atoms with van der Waals surface area (Å²) in [6.07, 6.45) is -4.99. The molecule has 0 fully saturated rings. The lowest BCUT2D eigenvalue weighted by Crippen LogP contribution is -2.17. The summed E-state index contributed by atoms with van der Waals surface area (Å²) in [6, 6.07) is 1.41. The van der Waals surface area contributed by atoms with Gasteiger partial charge in [0.1, 0.15) is 5.82 Å². The minimum Gasteiger partial charge on any atom is -0.469 e. The lowest BCUT2D eigenvalue weighted by molar-refractivity contribution is -0.141. The van der Waals surface area contributed by atoms with Crippen molar-refractivity contribution in [3.05, 3.63) is 35.1 Å². The second-order valence-corrected chi connectivity index (χ2v) is 3.62. The maximum atomic E-state index is 13.2. The summed E-state index contributed by atoms with van der Waals surface area (Å²) in [4.78, 5) is 10.9. The smallest absolute Gasteiger partial charge is 0.419 e. The first-order valence-electron chi connectivity index (χ1n) is 4.94. The van der Waals surface area contributed by atoms with Crippen LogP contribution in [0.2, 0.25) is 0 Å². The van der Waals surface area contributed by atoms with E-state index in [0.717, 1.165) is 13.2 Å². The zero-order chi connectivity index (χ0) is 13.9. The number of alkyl halides is 3. The number of carbonyl (C=O) groups is 1. The lowest BCUT2D eigenvalue weighted by atomic mass is 10.0. The Hall–Kier alpha value is -1.63. The summed E-state index contributed by atoms with van der Waals surface area (Å²) in [5.74, 6) is -2.04. The highest BCUT2D eigenvalue weighted by molar-refractivity contribution is 5.70. The maximum absolute atomic E-state index is 13.2. The SMILES string of the molecule is COC(=O)C[C@@H](N)c1ccc(C(F)(F)F)c(F)c1. The number of rotatable bonds is 3. The predicted molar refractivity (Wildman–Crippen MR) is 55.0 cm³/mol. The molecule has 0 radical (unpaired) electrons. The van der Waals surface area contributed by atoms with Crippen molar-refractivity contribution in [1.82, 2.24) is 0 Å². The number of esters is 1. The first kappa shape index (κ1) is 14.4. The van der Waals surface area contributed by atoms with Gasteiger partial charge < -0.3 is 10.5 Å². The van der Waals surface area contributed by atoms with Crippen LogP contribution in [-0.2, 0) is 15.7 Å². The predicted octanol–water partition coefficient (Wildman–Crippen LogP) is 2.41. The molecule has 0 bridgehead atoms. The molecular weight excluding hydrogens is 254 g/mol. The molecule has 0 heterocycles. The zero-order valence-corrected chi connectivity index (χ0v) is 9.42. The number of methoxy groups -OCH3 is 1. The topological polar surface area (TPSA) is 52.3 Å². The monoisotopic (exact) mass is 265 g/mol. The molecule has 0 aliphatic heterocycles. The van der Waals surface area contributed by atoms with E-state index in [2.05, 4.69) is 4.74 Å². The van der Waals surface area contributed by atoms with Crippen LogP contribution in [0, 0.1) is 5.82 Å². The van der Waals surface area contributed by atoms with Crippen LogP contribution in [0.25, 0.3) is 0 Å². The van der Waals surface area contributed by atoms with Crippen molar-refractivity contribution in [3.8, 4) is 0 Å². The second kappa shape index (κ2) is 5.34. The van der Waals surface area contributed by atoms with Gasteiger partial charge in [0.15, 0.2) is 0 Å². The van der Waals surface area contributed by atoms with Crippen LogP contribution in [0.15, 0.2) is 18.2 Å². The van der Waals surface area contributed by atoms with E-state index >= 15 is 0 Å². The summed E-state index contributed by atoms with van der Waals surface area (Å²) in [5.41, 5.74) is 4.29. The van der Waals surface area contributed by atoms with Gasteiger partial charge in [0.05, 0.1) is 19.1 Å². The highest BCUT2D eigenvalue weighted by atomic mass is 19.4. The van der Waals surface area contributed by atoms with Crippen molar-refractivity contribution in [2.75, 3.05) is 7.11 Å². The van der Waals surface area contributed by atoms with E-state index in [1.807, 2.05) is 0 Å². The fourth-order valence-corrected chi connectivity index (χ4v) is 1.37. The van der Waals surface area contributed by atoms with E-state index in [-0.39, 0.29) is 12.0 Å². The third-order valence-electron chi connectivity index (χ3n) is 2.34. The largest absolute Gasteiger partial charge is 0.469 e. The van der Waals surface area contributed by atoms with Crippen molar-refractivity contribution in [1.29, 1.82) is 0 Å². The quantitative estimate of drug-likeness (QED) is 0.674. The molecular formula is C11H11F4NO2. The first-order chi connectivity index (χ1) is 8.25. The first-order valence-corrected chi connectivity index (χ1v) is 4.94. The average molecular weight is 265 g/mol. The van der Waals surface area contributed by atoms with Crippen molar-refractivity contribution in [2.45, 2.75) is 18.6 Å². The molecule has 0 unspecified atom stereocenters. The van der Waals surface area contributed by atoms with E-state index in [9.17, 15) is 22.4 Å². The number of benzene rings is 1. The summed E-state index contributed by atoms with van der Waals surface area (Å²) < 4.78 is 54.5. The molecule has 18 heavy (non-hydrogen) atoms. The Bertz CT molecular complexity index is 445. The Balaban J connectivity index is 2.94. The fraction of sp³-hybridized carbons (Fsp3) is 0.364. The summed E-state index contributed by atoms with van der Waals surface area (Å²) in [6.45, 7) is 0. The number of halogens is 4. The zero-order valence-electron chi connectivity index (χ0n) is 9.42. The molecule has 0 aliphatic rings. The molecule has 0 aliphatic carbocycles. The van der Waals surface area contributed by atoms with Gasteiger partial charge in [0, 0.05) is 6.04 Å². The van der Waals surface area contributed by atoms with Crippen molar-refractivity contribution < 1.29 is 27.1 Å². The van der Waals surface area contributed by atoms with E-state index in [1.165, 1.54) is 0 Å². The van der Waals surface area contributed by atoms with Gasteiger partial charge in [-0.2, -0.15) is 13.2 Å². The van der Waals surface area contributed by atoms with Gasteiger partial charge in [0.2, 0.25) is 0 Å². The van der Waals surface area contributed by atoms with Crippen LogP contribution in [0.5, 0.6) is 0 Å². The minimum absolute atomic E-state index is 0.103. The van der Waals surface area contributed by atoms with Gasteiger partial charge in [-0.15, -0.1) is 0 Å². The minimum atomic E-state index is -4.75. The standard InChI is InChI=1S/C11H11F4NO2/c1-18-10(17)5-9(16)6-2-3-7(8(12)4-6)11(13,14)15/h2-4,9H,5,16H2,1H3/t9-/m1/s1. The molecule has 3 nitrogen and oxygen atoms in total. The number of carbonyl (C=O) groups excluding carboxylic acids is 1. The summed E-state index contributed by atoms with van der Waals surface area (Å²) in [7, 11) is 1.16. The summed E-state index contributed by atoms with van der Waals surface area (Å²) in [5, 5.41) is 0. The molecule has 1 atom stereocenters. The van der Waals surface area contributed by atoms with Gasteiger partial charge >= 0.3 is 12.1 Å². The molecule has 2 N–H and O–H groups in total. The molecule has 0 saturated carbocycles. The highest BCUT2D eigenvalue weighted by Gasteiger charge is 2.34. The van der Waals surface area contributed by atoms with Crippen molar-refractivity contribution in [3.63, 3.8) is 0 Å². The average Bonchev–Trinajstić information content (AvgIpc) is 2.26. The molecule has 0 amide bonds. The Labute approximate surface area is 101 Å².